The molecule has 0 atom stereocenters. The second-order valence-corrected chi connectivity index (χ2v) is 3.24. The molecule has 0 saturated carbocycles. The highest BCUT2D eigenvalue weighted by Gasteiger charge is 1.95. The Morgan fingerprint density at radius 3 is 2.82 bits per heavy atom. The maximum atomic E-state index is 10.0. The van der Waals surface area contributed by atoms with Crippen LogP contribution in [-0.4, -0.2) is 22.6 Å². The van der Waals surface area contributed by atoms with E-state index in [1.54, 1.807) is 11.8 Å². The fourth-order valence-electron chi connectivity index (χ4n) is 0.515. The number of unbranched alkanes of at least 4 members (excludes halogenated alkanes) is 1. The van der Waals surface area contributed by atoms with Crippen LogP contribution in [0.25, 0.3) is 0 Å². The van der Waals surface area contributed by atoms with E-state index in [1.165, 1.54) is 0 Å². The number of nitrogens with zero attached hydrogens (tertiary/aromatic N) is 1. The van der Waals surface area contributed by atoms with Crippen molar-refractivity contribution >= 4 is 17.7 Å². The number of hydrogen-bond acceptors (Lipinski definition) is 3. The number of carbonyl (C=O) groups is 1. The van der Waals surface area contributed by atoms with Crippen LogP contribution >= 0.6 is 11.8 Å². The van der Waals surface area contributed by atoms with E-state index in [0.717, 1.165) is 12.2 Å². The average molecular weight is 173 g/mol. The molecule has 0 rings (SSSR count). The van der Waals surface area contributed by atoms with Gasteiger partial charge in [-0.3, -0.25) is 4.79 Å². The van der Waals surface area contributed by atoms with E-state index in [-0.39, 0.29) is 6.42 Å². The molecule has 0 aliphatic carbocycles. The van der Waals surface area contributed by atoms with Crippen LogP contribution in [0.1, 0.15) is 19.3 Å². The molecule has 0 spiro atoms. The Hall–Kier alpha value is -0.690. The molecule has 1 N–H and O–H groups in total. The van der Waals surface area contributed by atoms with Gasteiger partial charge in [-0.05, 0) is 12.2 Å². The minimum absolute atomic E-state index is 0.219. The van der Waals surface area contributed by atoms with E-state index in [2.05, 4.69) is 0 Å². The molecule has 0 aliphatic rings. The van der Waals surface area contributed by atoms with Crippen molar-refractivity contribution in [3.05, 3.63) is 0 Å². The molecule has 62 valence electrons. The summed E-state index contributed by atoms with van der Waals surface area (Å²) in [5, 5.41) is 16.4. The third-order valence-electron chi connectivity index (χ3n) is 1.04. The lowest BCUT2D eigenvalue weighted by Crippen LogP contribution is -1.96. The first-order chi connectivity index (χ1) is 5.27. The van der Waals surface area contributed by atoms with Gasteiger partial charge in [0.15, 0.2) is 0 Å². The van der Waals surface area contributed by atoms with E-state index in [0.29, 0.717) is 12.2 Å². The van der Waals surface area contributed by atoms with Crippen molar-refractivity contribution in [3.8, 4) is 6.07 Å². The van der Waals surface area contributed by atoms with Gasteiger partial charge in [0.1, 0.15) is 0 Å². The summed E-state index contributed by atoms with van der Waals surface area (Å²) in [6.45, 7) is 0. The number of hydrogen-bond donors (Lipinski definition) is 1. The SMILES string of the molecule is N#CCCCSCCC(=O)O. The summed E-state index contributed by atoms with van der Waals surface area (Å²) in [4.78, 5) is 10.0. The zero-order valence-electron chi connectivity index (χ0n) is 6.25. The lowest BCUT2D eigenvalue weighted by molar-refractivity contribution is -0.136. The summed E-state index contributed by atoms with van der Waals surface area (Å²) in [7, 11) is 0. The van der Waals surface area contributed by atoms with Gasteiger partial charge in [0, 0.05) is 12.2 Å². The van der Waals surface area contributed by atoms with Gasteiger partial charge in [0.25, 0.3) is 0 Å². The molecule has 0 fully saturated rings. The zero-order chi connectivity index (χ0) is 8.53. The monoisotopic (exact) mass is 173 g/mol. The van der Waals surface area contributed by atoms with Crippen LogP contribution in [0, 0.1) is 11.3 Å². The van der Waals surface area contributed by atoms with Crippen molar-refractivity contribution in [2.24, 2.45) is 0 Å². The summed E-state index contributed by atoms with van der Waals surface area (Å²) in [5.41, 5.74) is 0. The Kier molecular flexibility index (Phi) is 6.95. The van der Waals surface area contributed by atoms with Gasteiger partial charge in [-0.15, -0.1) is 0 Å². The highest BCUT2D eigenvalue weighted by Crippen LogP contribution is 2.05. The van der Waals surface area contributed by atoms with Crippen LogP contribution in [0.4, 0.5) is 0 Å². The van der Waals surface area contributed by atoms with Crippen LogP contribution in [0.15, 0.2) is 0 Å². The molecule has 0 aromatic rings. The van der Waals surface area contributed by atoms with E-state index in [9.17, 15) is 4.79 Å². The summed E-state index contributed by atoms with van der Waals surface area (Å²) >= 11 is 1.59. The van der Waals surface area contributed by atoms with Crippen LogP contribution in [0.3, 0.4) is 0 Å². The topological polar surface area (TPSA) is 61.1 Å². The minimum Gasteiger partial charge on any atom is -0.481 e. The van der Waals surface area contributed by atoms with Crippen molar-refractivity contribution in [1.29, 1.82) is 5.26 Å². The summed E-state index contributed by atoms with van der Waals surface area (Å²) < 4.78 is 0. The van der Waals surface area contributed by atoms with Gasteiger partial charge in [-0.25, -0.2) is 0 Å². The second kappa shape index (κ2) is 7.42. The first-order valence-electron chi connectivity index (χ1n) is 3.44. The highest BCUT2D eigenvalue weighted by atomic mass is 32.2. The van der Waals surface area contributed by atoms with E-state index < -0.39 is 5.97 Å². The average Bonchev–Trinajstić information content (AvgIpc) is 1.96. The van der Waals surface area contributed by atoms with Crippen LogP contribution in [0.2, 0.25) is 0 Å². The number of aliphatic carboxylic acids is 1. The Morgan fingerprint density at radius 2 is 2.27 bits per heavy atom. The predicted molar refractivity (Wildman–Crippen MR) is 44.4 cm³/mol. The molecule has 0 radical (unpaired) electrons. The van der Waals surface area contributed by atoms with Gasteiger partial charge in [0.05, 0.1) is 12.5 Å². The fourth-order valence-corrected chi connectivity index (χ4v) is 1.39. The minimum atomic E-state index is -0.752. The standard InChI is InChI=1S/C7H11NO2S/c8-4-1-2-5-11-6-3-7(9)10/h1-3,5-6H2,(H,9,10). The Balaban J connectivity index is 2.92. The lowest BCUT2D eigenvalue weighted by Gasteiger charge is -1.94. The maximum Gasteiger partial charge on any atom is 0.304 e. The molecular formula is C7H11NO2S. The second-order valence-electron chi connectivity index (χ2n) is 2.02. The summed E-state index contributed by atoms with van der Waals surface area (Å²) in [6.07, 6.45) is 1.65. The van der Waals surface area contributed by atoms with Crippen molar-refractivity contribution in [3.63, 3.8) is 0 Å². The molecule has 0 aromatic carbocycles. The lowest BCUT2D eigenvalue weighted by atomic mass is 10.4. The Labute approximate surface area is 70.4 Å². The molecule has 0 amide bonds. The number of carboxylic acids is 1. The molecular weight excluding hydrogens is 162 g/mol. The van der Waals surface area contributed by atoms with Gasteiger partial charge < -0.3 is 5.11 Å². The molecule has 4 heteroatoms. The summed E-state index contributed by atoms with van der Waals surface area (Å²) in [6, 6.07) is 2.04. The van der Waals surface area contributed by atoms with Gasteiger partial charge in [-0.2, -0.15) is 17.0 Å². The van der Waals surface area contributed by atoms with E-state index in [4.69, 9.17) is 10.4 Å². The van der Waals surface area contributed by atoms with Gasteiger partial charge in [-0.1, -0.05) is 0 Å². The predicted octanol–water partition coefficient (Wildman–Crippen LogP) is 1.50. The quantitative estimate of drug-likeness (QED) is 0.618. The summed E-state index contributed by atoms with van der Waals surface area (Å²) in [5.74, 6) is 0.791. The molecule has 0 aromatic heterocycles. The zero-order valence-corrected chi connectivity index (χ0v) is 7.06. The van der Waals surface area contributed by atoms with Crippen molar-refractivity contribution in [2.45, 2.75) is 19.3 Å². The number of nitriles is 1. The van der Waals surface area contributed by atoms with Gasteiger partial charge >= 0.3 is 5.97 Å². The third kappa shape index (κ3) is 9.31. The molecule has 3 nitrogen and oxygen atoms in total. The first kappa shape index (κ1) is 10.3. The highest BCUT2D eigenvalue weighted by molar-refractivity contribution is 7.99. The molecule has 0 heterocycles. The third-order valence-corrected chi connectivity index (χ3v) is 2.11. The molecule has 0 aliphatic heterocycles. The Bertz CT molecular complexity index is 153. The first-order valence-corrected chi connectivity index (χ1v) is 4.59. The van der Waals surface area contributed by atoms with Crippen molar-refractivity contribution < 1.29 is 9.90 Å². The smallest absolute Gasteiger partial charge is 0.304 e. The number of thioether (sulfide) groups is 1. The van der Waals surface area contributed by atoms with E-state index >= 15 is 0 Å². The normalized spacial score (nSPS) is 9.00. The van der Waals surface area contributed by atoms with Gasteiger partial charge in [0.2, 0.25) is 0 Å². The number of carboxylic acid groups (broad SMARTS) is 1. The molecule has 0 bridgehead atoms. The molecule has 11 heavy (non-hydrogen) atoms. The van der Waals surface area contributed by atoms with Crippen LogP contribution in [-0.2, 0) is 4.79 Å². The van der Waals surface area contributed by atoms with Crippen molar-refractivity contribution in [1.82, 2.24) is 0 Å². The number of rotatable bonds is 6. The molecule has 0 unspecified atom stereocenters. The van der Waals surface area contributed by atoms with Crippen molar-refractivity contribution in [2.75, 3.05) is 11.5 Å². The van der Waals surface area contributed by atoms with Crippen LogP contribution in [0.5, 0.6) is 0 Å². The largest absolute Gasteiger partial charge is 0.481 e. The maximum absolute atomic E-state index is 10.0. The fraction of sp³-hybridized carbons (Fsp3) is 0.714. The molecule has 0 saturated heterocycles. The van der Waals surface area contributed by atoms with E-state index in [1.807, 2.05) is 6.07 Å². The Morgan fingerprint density at radius 1 is 1.55 bits per heavy atom. The van der Waals surface area contributed by atoms with Crippen LogP contribution < -0.4 is 0 Å².